The zero-order chi connectivity index (χ0) is 12.7. The van der Waals surface area contributed by atoms with E-state index in [1.54, 1.807) is 0 Å². The van der Waals surface area contributed by atoms with E-state index < -0.39 is 0 Å². The summed E-state index contributed by atoms with van der Waals surface area (Å²) in [5, 5.41) is 9.70. The van der Waals surface area contributed by atoms with Crippen LogP contribution in [0.25, 0.3) is 0 Å². The largest absolute Gasteiger partial charge is 0.392 e. The normalized spacial score (nSPS) is 14.9. The molecule has 0 heterocycles. The second-order valence-corrected chi connectivity index (χ2v) is 4.75. The van der Waals surface area contributed by atoms with Crippen molar-refractivity contribution in [3.8, 4) is 0 Å². The number of nitrogens with zero attached hydrogens (tertiary/aromatic N) is 1. The Morgan fingerprint density at radius 1 is 1.12 bits per heavy atom. The fraction of sp³-hybridized carbons (Fsp3) is 0.600. The molecule has 2 atom stereocenters. The molecule has 2 heteroatoms. The first kappa shape index (κ1) is 14.2. The molecule has 2 unspecified atom stereocenters. The van der Waals surface area contributed by atoms with Gasteiger partial charge >= 0.3 is 0 Å². The third-order valence-electron chi connectivity index (χ3n) is 3.38. The minimum Gasteiger partial charge on any atom is -0.392 e. The Morgan fingerprint density at radius 3 is 2.29 bits per heavy atom. The van der Waals surface area contributed by atoms with E-state index in [1.807, 2.05) is 6.92 Å². The maximum absolute atomic E-state index is 9.70. The Bertz CT molecular complexity index is 299. The van der Waals surface area contributed by atoms with Crippen LogP contribution in [0.15, 0.2) is 30.3 Å². The third-order valence-corrected chi connectivity index (χ3v) is 3.38. The molecular formula is C15H25NO. The predicted molar refractivity (Wildman–Crippen MR) is 73.2 cm³/mol. The SMILES string of the molecule is CCC(O)CN(C)C(CC)Cc1ccccc1. The van der Waals surface area contributed by atoms with Crippen LogP contribution >= 0.6 is 0 Å². The molecule has 0 saturated heterocycles. The quantitative estimate of drug-likeness (QED) is 0.785. The van der Waals surface area contributed by atoms with Gasteiger partial charge in [0.2, 0.25) is 0 Å². The minimum absolute atomic E-state index is 0.204. The Balaban J connectivity index is 2.53. The molecule has 1 aromatic rings. The molecule has 2 nitrogen and oxygen atoms in total. The van der Waals surface area contributed by atoms with Crippen LogP contribution in [0.2, 0.25) is 0 Å². The molecule has 0 radical (unpaired) electrons. The molecular weight excluding hydrogens is 210 g/mol. The van der Waals surface area contributed by atoms with Crippen molar-refractivity contribution in [1.29, 1.82) is 0 Å². The first-order valence-corrected chi connectivity index (χ1v) is 6.59. The second kappa shape index (κ2) is 7.46. The van der Waals surface area contributed by atoms with Gasteiger partial charge in [-0.25, -0.2) is 0 Å². The van der Waals surface area contributed by atoms with Crippen molar-refractivity contribution in [2.45, 2.75) is 45.3 Å². The predicted octanol–water partition coefficient (Wildman–Crippen LogP) is 2.71. The number of benzene rings is 1. The lowest BCUT2D eigenvalue weighted by atomic mass is 10.0. The van der Waals surface area contributed by atoms with Crippen LogP contribution < -0.4 is 0 Å². The first-order valence-electron chi connectivity index (χ1n) is 6.59. The van der Waals surface area contributed by atoms with Crippen LogP contribution in [0.5, 0.6) is 0 Å². The highest BCUT2D eigenvalue weighted by molar-refractivity contribution is 5.15. The minimum atomic E-state index is -0.204. The van der Waals surface area contributed by atoms with Crippen molar-refractivity contribution in [2.24, 2.45) is 0 Å². The molecule has 0 aliphatic heterocycles. The van der Waals surface area contributed by atoms with Crippen LogP contribution in [-0.2, 0) is 6.42 Å². The fourth-order valence-electron chi connectivity index (χ4n) is 2.11. The lowest BCUT2D eigenvalue weighted by Gasteiger charge is -2.29. The van der Waals surface area contributed by atoms with Gasteiger partial charge in [0.05, 0.1) is 6.10 Å². The number of likely N-dealkylation sites (N-methyl/N-ethyl adjacent to an activating group) is 1. The zero-order valence-corrected chi connectivity index (χ0v) is 11.3. The van der Waals surface area contributed by atoms with Crippen LogP contribution in [0, 0.1) is 0 Å². The van der Waals surface area contributed by atoms with Crippen molar-refractivity contribution in [1.82, 2.24) is 4.90 Å². The zero-order valence-electron chi connectivity index (χ0n) is 11.3. The van der Waals surface area contributed by atoms with E-state index in [1.165, 1.54) is 5.56 Å². The van der Waals surface area contributed by atoms with Crippen LogP contribution in [0.1, 0.15) is 32.3 Å². The fourth-order valence-corrected chi connectivity index (χ4v) is 2.11. The summed E-state index contributed by atoms with van der Waals surface area (Å²) in [7, 11) is 2.11. The van der Waals surface area contributed by atoms with Gasteiger partial charge in [-0.1, -0.05) is 44.2 Å². The Kier molecular flexibility index (Phi) is 6.23. The molecule has 0 saturated carbocycles. The van der Waals surface area contributed by atoms with Crippen molar-refractivity contribution in [3.63, 3.8) is 0 Å². The van der Waals surface area contributed by atoms with Gasteiger partial charge in [0.15, 0.2) is 0 Å². The van der Waals surface area contributed by atoms with Crippen molar-refractivity contribution >= 4 is 0 Å². The van der Waals surface area contributed by atoms with E-state index in [9.17, 15) is 5.11 Å². The van der Waals surface area contributed by atoms with Crippen LogP contribution in [0.4, 0.5) is 0 Å². The van der Waals surface area contributed by atoms with E-state index in [0.717, 1.165) is 25.8 Å². The molecule has 0 spiro atoms. The van der Waals surface area contributed by atoms with Gasteiger partial charge in [-0.15, -0.1) is 0 Å². The topological polar surface area (TPSA) is 23.5 Å². The highest BCUT2D eigenvalue weighted by Gasteiger charge is 2.15. The summed E-state index contributed by atoms with van der Waals surface area (Å²) in [4.78, 5) is 2.28. The molecule has 96 valence electrons. The van der Waals surface area contributed by atoms with Gasteiger partial charge in [-0.3, -0.25) is 0 Å². The van der Waals surface area contributed by atoms with E-state index in [4.69, 9.17) is 0 Å². The Labute approximate surface area is 105 Å². The maximum atomic E-state index is 9.70. The molecule has 0 bridgehead atoms. The Morgan fingerprint density at radius 2 is 1.76 bits per heavy atom. The monoisotopic (exact) mass is 235 g/mol. The highest BCUT2D eigenvalue weighted by Crippen LogP contribution is 2.11. The highest BCUT2D eigenvalue weighted by atomic mass is 16.3. The summed E-state index contributed by atoms with van der Waals surface area (Å²) in [6.07, 6.45) is 2.79. The third kappa shape index (κ3) is 4.88. The van der Waals surface area contributed by atoms with Crippen molar-refractivity contribution in [3.05, 3.63) is 35.9 Å². The van der Waals surface area contributed by atoms with Crippen LogP contribution in [0.3, 0.4) is 0 Å². The van der Waals surface area contributed by atoms with Gasteiger partial charge in [0.1, 0.15) is 0 Å². The second-order valence-electron chi connectivity index (χ2n) is 4.75. The smallest absolute Gasteiger partial charge is 0.0664 e. The molecule has 0 aromatic heterocycles. The maximum Gasteiger partial charge on any atom is 0.0664 e. The molecule has 1 aromatic carbocycles. The number of hydrogen-bond donors (Lipinski definition) is 1. The molecule has 1 N–H and O–H groups in total. The lowest BCUT2D eigenvalue weighted by Crippen LogP contribution is -2.38. The number of rotatable bonds is 7. The summed E-state index contributed by atoms with van der Waals surface area (Å²) in [5.41, 5.74) is 1.37. The Hall–Kier alpha value is -0.860. The summed E-state index contributed by atoms with van der Waals surface area (Å²) < 4.78 is 0. The number of aliphatic hydroxyl groups excluding tert-OH is 1. The van der Waals surface area contributed by atoms with Crippen LogP contribution in [-0.4, -0.2) is 35.7 Å². The van der Waals surface area contributed by atoms with Crippen molar-refractivity contribution < 1.29 is 5.11 Å². The van der Waals surface area contributed by atoms with Gasteiger partial charge < -0.3 is 10.0 Å². The number of hydrogen-bond acceptors (Lipinski definition) is 2. The molecule has 17 heavy (non-hydrogen) atoms. The van der Waals surface area contributed by atoms with Gasteiger partial charge in [-0.2, -0.15) is 0 Å². The summed E-state index contributed by atoms with van der Waals surface area (Å²) in [6, 6.07) is 11.1. The molecule has 0 aliphatic rings. The van der Waals surface area contributed by atoms with Gasteiger partial charge in [-0.05, 0) is 31.9 Å². The summed E-state index contributed by atoms with van der Waals surface area (Å²) in [5.74, 6) is 0. The average Bonchev–Trinajstić information content (AvgIpc) is 2.36. The summed E-state index contributed by atoms with van der Waals surface area (Å²) >= 11 is 0. The molecule has 1 rings (SSSR count). The molecule has 0 aliphatic carbocycles. The van der Waals surface area contributed by atoms with Gasteiger partial charge in [0.25, 0.3) is 0 Å². The average molecular weight is 235 g/mol. The van der Waals surface area contributed by atoms with E-state index >= 15 is 0 Å². The van der Waals surface area contributed by atoms with E-state index in [0.29, 0.717) is 6.04 Å². The van der Waals surface area contributed by atoms with Gasteiger partial charge in [0, 0.05) is 12.6 Å². The molecule has 0 amide bonds. The lowest BCUT2D eigenvalue weighted by molar-refractivity contribution is 0.0993. The number of aliphatic hydroxyl groups is 1. The van der Waals surface area contributed by atoms with Crippen molar-refractivity contribution in [2.75, 3.05) is 13.6 Å². The molecule has 0 fully saturated rings. The summed E-state index contributed by atoms with van der Waals surface area (Å²) in [6.45, 7) is 5.00. The standard InChI is InChI=1S/C15H25NO/c1-4-14(16(3)12-15(17)5-2)11-13-9-7-6-8-10-13/h6-10,14-15,17H,4-5,11-12H2,1-3H3. The van der Waals surface area contributed by atoms with E-state index in [2.05, 4.69) is 49.2 Å². The van der Waals surface area contributed by atoms with E-state index in [-0.39, 0.29) is 6.10 Å². The first-order chi connectivity index (χ1) is 8.17.